The van der Waals surface area contributed by atoms with Crippen LogP contribution in [0.4, 0.5) is 17.6 Å². The first-order chi connectivity index (χ1) is 9.84. The maximum Gasteiger partial charge on any atom is 0.416 e. The molecule has 21 heavy (non-hydrogen) atoms. The summed E-state index contributed by atoms with van der Waals surface area (Å²) < 4.78 is 57.4. The molecule has 2 bridgehead atoms. The predicted octanol–water partition coefficient (Wildman–Crippen LogP) is 3.98. The van der Waals surface area contributed by atoms with Crippen LogP contribution in [-0.2, 0) is 10.9 Å². The van der Waals surface area contributed by atoms with Gasteiger partial charge in [-0.3, -0.25) is 4.79 Å². The molecular weight excluding hydrogens is 288 g/mol. The maximum absolute atomic E-state index is 13.8. The number of benzene rings is 1. The van der Waals surface area contributed by atoms with E-state index in [1.54, 1.807) is 0 Å². The molecule has 3 rings (SSSR count). The van der Waals surface area contributed by atoms with Crippen molar-refractivity contribution in [1.82, 2.24) is 0 Å². The summed E-state index contributed by atoms with van der Waals surface area (Å²) in [7, 11) is 0. The third-order valence-corrected chi connectivity index (χ3v) is 4.22. The molecule has 0 amide bonds. The number of ether oxygens (including phenoxy) is 1. The first-order valence-corrected chi connectivity index (χ1v) is 6.91. The summed E-state index contributed by atoms with van der Waals surface area (Å²) in [5.41, 5.74) is -1.46. The van der Waals surface area contributed by atoms with Crippen LogP contribution in [0, 0.1) is 11.7 Å². The van der Waals surface area contributed by atoms with Crippen molar-refractivity contribution in [3.05, 3.63) is 35.1 Å². The van der Waals surface area contributed by atoms with E-state index in [-0.39, 0.29) is 12.2 Å². The average molecular weight is 302 g/mol. The van der Waals surface area contributed by atoms with Crippen LogP contribution in [0.2, 0.25) is 0 Å². The largest absolute Gasteiger partial charge is 0.416 e. The summed E-state index contributed by atoms with van der Waals surface area (Å²) in [4.78, 5) is 12.4. The minimum absolute atomic E-state index is 0.0217. The Morgan fingerprint density at radius 3 is 2.33 bits per heavy atom. The number of halogens is 4. The van der Waals surface area contributed by atoms with Gasteiger partial charge < -0.3 is 4.74 Å². The van der Waals surface area contributed by atoms with Crippen LogP contribution in [-0.4, -0.2) is 18.0 Å². The third-order valence-electron chi connectivity index (χ3n) is 4.22. The molecule has 2 atom stereocenters. The van der Waals surface area contributed by atoms with E-state index in [0.29, 0.717) is 31.0 Å². The molecule has 0 saturated carbocycles. The van der Waals surface area contributed by atoms with E-state index in [0.717, 1.165) is 12.8 Å². The zero-order chi connectivity index (χ0) is 15.2. The quantitative estimate of drug-likeness (QED) is 0.610. The van der Waals surface area contributed by atoms with Crippen molar-refractivity contribution in [2.45, 2.75) is 44.1 Å². The summed E-state index contributed by atoms with van der Waals surface area (Å²) in [6.45, 7) is 0. The van der Waals surface area contributed by atoms with E-state index >= 15 is 0 Å². The molecule has 2 aliphatic rings. The normalized spacial score (nSPS) is 28.7. The van der Waals surface area contributed by atoms with Gasteiger partial charge in [-0.15, -0.1) is 0 Å². The highest BCUT2D eigenvalue weighted by molar-refractivity contribution is 5.98. The molecule has 2 unspecified atom stereocenters. The zero-order valence-electron chi connectivity index (χ0n) is 11.1. The predicted molar refractivity (Wildman–Crippen MR) is 66.4 cm³/mol. The summed E-state index contributed by atoms with van der Waals surface area (Å²) in [5.74, 6) is -1.89. The van der Waals surface area contributed by atoms with Crippen molar-refractivity contribution in [1.29, 1.82) is 0 Å². The molecule has 0 N–H and O–H groups in total. The molecule has 0 radical (unpaired) electrons. The summed E-state index contributed by atoms with van der Waals surface area (Å²) in [5, 5.41) is 0. The van der Waals surface area contributed by atoms with Crippen molar-refractivity contribution in [3.8, 4) is 0 Å². The van der Waals surface area contributed by atoms with E-state index in [1.807, 2.05) is 0 Å². The Kier molecular flexibility index (Phi) is 3.51. The number of Topliss-reactive ketones (excluding diaryl/α,β-unsaturated/α-hetero) is 1. The Morgan fingerprint density at radius 1 is 1.14 bits per heavy atom. The highest BCUT2D eigenvalue weighted by atomic mass is 19.4. The number of ketones is 1. The molecule has 0 aromatic heterocycles. The fourth-order valence-electron chi connectivity index (χ4n) is 3.18. The fraction of sp³-hybridized carbons (Fsp3) is 0.533. The third kappa shape index (κ3) is 2.81. The Labute approximate surface area is 119 Å². The van der Waals surface area contributed by atoms with Crippen LogP contribution in [0.1, 0.15) is 41.6 Å². The van der Waals surface area contributed by atoms with E-state index < -0.39 is 34.8 Å². The number of rotatable bonds is 2. The van der Waals surface area contributed by atoms with Crippen molar-refractivity contribution < 1.29 is 27.1 Å². The molecule has 2 fully saturated rings. The highest BCUT2D eigenvalue weighted by Crippen LogP contribution is 2.38. The number of carbonyl (C=O) groups excluding carboxylic acids is 1. The minimum Gasteiger partial charge on any atom is -0.375 e. The molecular formula is C15H14F4O2. The van der Waals surface area contributed by atoms with Crippen molar-refractivity contribution in [2.24, 2.45) is 5.92 Å². The van der Waals surface area contributed by atoms with Gasteiger partial charge in [-0.05, 0) is 43.9 Å². The van der Waals surface area contributed by atoms with Gasteiger partial charge in [0.15, 0.2) is 5.78 Å². The van der Waals surface area contributed by atoms with Crippen LogP contribution < -0.4 is 0 Å². The van der Waals surface area contributed by atoms with Gasteiger partial charge in [-0.2, -0.15) is 13.2 Å². The SMILES string of the molecule is O=C(c1cc(C(F)(F)F)ccc1F)C1CC2CCC(C1)O2. The molecule has 2 nitrogen and oxygen atoms in total. The number of hydrogen-bond donors (Lipinski definition) is 0. The molecule has 6 heteroatoms. The van der Waals surface area contributed by atoms with Gasteiger partial charge in [0.1, 0.15) is 5.82 Å². The Balaban J connectivity index is 1.87. The molecule has 2 aliphatic heterocycles. The average Bonchev–Trinajstić information content (AvgIpc) is 2.76. The van der Waals surface area contributed by atoms with Crippen LogP contribution in [0.15, 0.2) is 18.2 Å². The summed E-state index contributed by atoms with van der Waals surface area (Å²) in [6.07, 6.45) is -1.98. The van der Waals surface area contributed by atoms with Crippen LogP contribution in [0.5, 0.6) is 0 Å². The Hall–Kier alpha value is -1.43. The standard InChI is InChI=1S/C15H14F4O2/c16-13-4-1-9(15(17,18)19)7-12(13)14(20)8-5-10-2-3-11(6-8)21-10/h1,4,7-8,10-11H,2-3,5-6H2. The van der Waals surface area contributed by atoms with Crippen molar-refractivity contribution in [2.75, 3.05) is 0 Å². The lowest BCUT2D eigenvalue weighted by atomic mass is 9.87. The first kappa shape index (κ1) is 14.5. The van der Waals surface area contributed by atoms with E-state index in [9.17, 15) is 22.4 Å². The second kappa shape index (κ2) is 5.09. The molecule has 1 aromatic rings. The smallest absolute Gasteiger partial charge is 0.375 e. The summed E-state index contributed by atoms with van der Waals surface area (Å²) >= 11 is 0. The molecule has 0 spiro atoms. The van der Waals surface area contributed by atoms with Gasteiger partial charge in [0.05, 0.1) is 23.3 Å². The van der Waals surface area contributed by atoms with Crippen LogP contribution >= 0.6 is 0 Å². The molecule has 114 valence electrons. The van der Waals surface area contributed by atoms with Gasteiger partial charge in [-0.25, -0.2) is 4.39 Å². The van der Waals surface area contributed by atoms with Crippen LogP contribution in [0.3, 0.4) is 0 Å². The Bertz CT molecular complexity index is 555. The van der Waals surface area contributed by atoms with Crippen molar-refractivity contribution >= 4 is 5.78 Å². The number of hydrogen-bond acceptors (Lipinski definition) is 2. The monoisotopic (exact) mass is 302 g/mol. The maximum atomic E-state index is 13.8. The molecule has 2 heterocycles. The topological polar surface area (TPSA) is 26.3 Å². The number of fused-ring (bicyclic) bond motifs is 2. The second-order valence-electron chi connectivity index (χ2n) is 5.68. The Morgan fingerprint density at radius 2 is 1.76 bits per heavy atom. The number of carbonyl (C=O) groups is 1. The fourth-order valence-corrected chi connectivity index (χ4v) is 3.18. The van der Waals surface area contributed by atoms with Gasteiger partial charge in [0, 0.05) is 5.92 Å². The molecule has 0 aliphatic carbocycles. The number of alkyl halides is 3. The second-order valence-corrected chi connectivity index (χ2v) is 5.68. The zero-order valence-corrected chi connectivity index (χ0v) is 11.1. The van der Waals surface area contributed by atoms with E-state index in [2.05, 4.69) is 0 Å². The van der Waals surface area contributed by atoms with E-state index in [4.69, 9.17) is 4.74 Å². The van der Waals surface area contributed by atoms with Gasteiger partial charge in [0.25, 0.3) is 0 Å². The highest BCUT2D eigenvalue weighted by Gasteiger charge is 2.39. The van der Waals surface area contributed by atoms with Gasteiger partial charge >= 0.3 is 6.18 Å². The van der Waals surface area contributed by atoms with Gasteiger partial charge in [0.2, 0.25) is 0 Å². The van der Waals surface area contributed by atoms with Crippen molar-refractivity contribution in [3.63, 3.8) is 0 Å². The lowest BCUT2D eigenvalue weighted by Gasteiger charge is -2.27. The van der Waals surface area contributed by atoms with E-state index in [1.165, 1.54) is 0 Å². The minimum atomic E-state index is -4.59. The molecule has 1 aromatic carbocycles. The molecule has 2 saturated heterocycles. The van der Waals surface area contributed by atoms with Crippen LogP contribution in [0.25, 0.3) is 0 Å². The summed E-state index contributed by atoms with van der Waals surface area (Å²) in [6, 6.07) is 1.98. The lowest BCUT2D eigenvalue weighted by molar-refractivity contribution is -0.137. The first-order valence-electron chi connectivity index (χ1n) is 6.91. The van der Waals surface area contributed by atoms with Gasteiger partial charge in [-0.1, -0.05) is 0 Å². The lowest BCUT2D eigenvalue weighted by Crippen LogP contribution is -2.30.